The van der Waals surface area contributed by atoms with Crippen molar-refractivity contribution in [2.45, 2.75) is 6.54 Å². The Morgan fingerprint density at radius 2 is 1.42 bits per heavy atom. The molecule has 3 aromatic carbocycles. The average Bonchev–Trinajstić information content (AvgIpc) is 2.69. The summed E-state index contributed by atoms with van der Waals surface area (Å²) in [4.78, 5) is 0. The summed E-state index contributed by atoms with van der Waals surface area (Å²) in [6.07, 6.45) is 0. The second-order valence-electron chi connectivity index (χ2n) is 5.69. The van der Waals surface area contributed by atoms with Gasteiger partial charge in [-0.2, -0.15) is 0 Å². The maximum atomic E-state index is 5.37. The Morgan fingerprint density at radius 1 is 0.808 bits per heavy atom. The zero-order chi connectivity index (χ0) is 18.2. The van der Waals surface area contributed by atoms with E-state index in [4.69, 9.17) is 17.0 Å². The Hall–Kier alpha value is -3.05. The van der Waals surface area contributed by atoms with Gasteiger partial charge in [-0.1, -0.05) is 36.4 Å². The van der Waals surface area contributed by atoms with E-state index in [1.54, 1.807) is 7.11 Å². The Labute approximate surface area is 159 Å². The Morgan fingerprint density at radius 3 is 2.15 bits per heavy atom. The lowest BCUT2D eigenvalue weighted by Gasteiger charge is -2.13. The van der Waals surface area contributed by atoms with Crippen molar-refractivity contribution in [1.82, 2.24) is 5.32 Å². The molecule has 0 spiro atoms. The molecule has 0 unspecified atom stereocenters. The minimum Gasteiger partial charge on any atom is -0.496 e. The van der Waals surface area contributed by atoms with Gasteiger partial charge in [0.25, 0.3) is 0 Å². The standard InChI is InChI=1S/C21H21N3OS/c1-25-20-10-6-5-7-16(20)15-22-21(26)24-19-13-11-18(12-14-19)23-17-8-3-2-4-9-17/h2-14,23H,15H2,1H3,(H2,22,24,26). The fourth-order valence-corrected chi connectivity index (χ4v) is 2.71. The normalized spacial score (nSPS) is 10.0. The molecule has 0 amide bonds. The molecule has 132 valence electrons. The Bertz CT molecular complexity index is 851. The van der Waals surface area contributed by atoms with E-state index < -0.39 is 0 Å². The summed E-state index contributed by atoms with van der Waals surface area (Å²) in [5.41, 5.74) is 4.07. The van der Waals surface area contributed by atoms with E-state index in [9.17, 15) is 0 Å². The molecule has 0 saturated carbocycles. The van der Waals surface area contributed by atoms with E-state index in [2.05, 4.69) is 16.0 Å². The summed E-state index contributed by atoms with van der Waals surface area (Å²) in [6.45, 7) is 0.601. The van der Waals surface area contributed by atoms with Crippen LogP contribution in [-0.2, 0) is 6.54 Å². The van der Waals surface area contributed by atoms with Crippen molar-refractivity contribution in [2.24, 2.45) is 0 Å². The van der Waals surface area contributed by atoms with Crippen molar-refractivity contribution < 1.29 is 4.74 Å². The molecule has 0 aliphatic heterocycles. The fourth-order valence-electron chi connectivity index (χ4n) is 2.52. The second kappa shape index (κ2) is 8.87. The highest BCUT2D eigenvalue weighted by molar-refractivity contribution is 7.80. The summed E-state index contributed by atoms with van der Waals surface area (Å²) >= 11 is 5.37. The molecule has 5 heteroatoms. The third-order valence-electron chi connectivity index (χ3n) is 3.84. The van der Waals surface area contributed by atoms with Crippen LogP contribution in [0.1, 0.15) is 5.56 Å². The summed E-state index contributed by atoms with van der Waals surface area (Å²) in [6, 6.07) is 25.9. The number of methoxy groups -OCH3 is 1. The van der Waals surface area contributed by atoms with Gasteiger partial charge in [-0.25, -0.2) is 0 Å². The van der Waals surface area contributed by atoms with Gasteiger partial charge in [0.1, 0.15) is 5.75 Å². The largest absolute Gasteiger partial charge is 0.496 e. The first-order valence-electron chi connectivity index (χ1n) is 8.33. The lowest BCUT2D eigenvalue weighted by atomic mass is 10.2. The van der Waals surface area contributed by atoms with Crippen LogP contribution < -0.4 is 20.7 Å². The van der Waals surface area contributed by atoms with Gasteiger partial charge >= 0.3 is 0 Å². The van der Waals surface area contributed by atoms with Gasteiger partial charge in [0.05, 0.1) is 7.11 Å². The van der Waals surface area contributed by atoms with E-state index in [0.29, 0.717) is 11.7 Å². The molecule has 3 N–H and O–H groups in total. The number of benzene rings is 3. The van der Waals surface area contributed by atoms with Crippen molar-refractivity contribution in [3.8, 4) is 5.75 Å². The van der Waals surface area contributed by atoms with Crippen LogP contribution in [0.25, 0.3) is 0 Å². The lowest BCUT2D eigenvalue weighted by Crippen LogP contribution is -2.28. The SMILES string of the molecule is COc1ccccc1CNC(=S)Nc1ccc(Nc2ccccc2)cc1. The third kappa shape index (κ3) is 4.97. The van der Waals surface area contributed by atoms with Crippen molar-refractivity contribution in [3.05, 3.63) is 84.4 Å². The molecule has 0 radical (unpaired) electrons. The van der Waals surface area contributed by atoms with Crippen LogP contribution in [0.3, 0.4) is 0 Å². The van der Waals surface area contributed by atoms with Crippen LogP contribution in [0.5, 0.6) is 5.75 Å². The minimum atomic E-state index is 0.569. The first-order valence-corrected chi connectivity index (χ1v) is 8.74. The van der Waals surface area contributed by atoms with Gasteiger partial charge in [-0.15, -0.1) is 0 Å². The predicted molar refractivity (Wildman–Crippen MR) is 112 cm³/mol. The van der Waals surface area contributed by atoms with E-state index >= 15 is 0 Å². The van der Waals surface area contributed by atoms with Gasteiger partial charge in [0, 0.05) is 29.2 Å². The highest BCUT2D eigenvalue weighted by Gasteiger charge is 2.03. The maximum absolute atomic E-state index is 5.37. The molecule has 4 nitrogen and oxygen atoms in total. The number of nitrogens with one attached hydrogen (secondary N) is 3. The number of hydrogen-bond donors (Lipinski definition) is 3. The van der Waals surface area contributed by atoms with Gasteiger partial charge in [-0.05, 0) is 54.7 Å². The smallest absolute Gasteiger partial charge is 0.171 e. The highest BCUT2D eigenvalue weighted by Crippen LogP contribution is 2.19. The van der Waals surface area contributed by atoms with Crippen molar-refractivity contribution in [3.63, 3.8) is 0 Å². The third-order valence-corrected chi connectivity index (χ3v) is 4.08. The van der Waals surface area contributed by atoms with E-state index in [-0.39, 0.29) is 0 Å². The highest BCUT2D eigenvalue weighted by atomic mass is 32.1. The Balaban J connectivity index is 1.53. The molecular formula is C21H21N3OS. The topological polar surface area (TPSA) is 45.3 Å². The number of hydrogen-bond acceptors (Lipinski definition) is 3. The summed E-state index contributed by atoms with van der Waals surface area (Å²) in [7, 11) is 1.67. The van der Waals surface area contributed by atoms with E-state index in [0.717, 1.165) is 28.4 Å². The van der Waals surface area contributed by atoms with Crippen LogP contribution >= 0.6 is 12.2 Å². The fraction of sp³-hybridized carbons (Fsp3) is 0.0952. The van der Waals surface area contributed by atoms with E-state index in [1.807, 2.05) is 78.9 Å². The minimum absolute atomic E-state index is 0.569. The molecule has 0 aliphatic rings. The first-order chi connectivity index (χ1) is 12.7. The molecule has 0 heterocycles. The van der Waals surface area contributed by atoms with E-state index in [1.165, 1.54) is 0 Å². The molecule has 26 heavy (non-hydrogen) atoms. The molecule has 0 saturated heterocycles. The lowest BCUT2D eigenvalue weighted by molar-refractivity contribution is 0.409. The molecule has 0 fully saturated rings. The average molecular weight is 363 g/mol. The second-order valence-corrected chi connectivity index (χ2v) is 6.10. The van der Waals surface area contributed by atoms with Crippen molar-refractivity contribution in [2.75, 3.05) is 17.7 Å². The Kier molecular flexibility index (Phi) is 6.06. The molecule has 0 bridgehead atoms. The number of anilines is 3. The molecule has 0 aliphatic carbocycles. The monoisotopic (exact) mass is 363 g/mol. The number of rotatable bonds is 6. The number of ether oxygens (including phenoxy) is 1. The van der Waals surface area contributed by atoms with Gasteiger partial charge in [-0.3, -0.25) is 0 Å². The zero-order valence-corrected chi connectivity index (χ0v) is 15.3. The molecule has 0 atom stereocenters. The quantitative estimate of drug-likeness (QED) is 0.542. The first kappa shape index (κ1) is 17.8. The van der Waals surface area contributed by atoms with Gasteiger partial charge in [0.2, 0.25) is 0 Å². The van der Waals surface area contributed by atoms with Gasteiger partial charge in [0.15, 0.2) is 5.11 Å². The zero-order valence-electron chi connectivity index (χ0n) is 14.5. The van der Waals surface area contributed by atoms with Crippen LogP contribution in [0, 0.1) is 0 Å². The predicted octanol–water partition coefficient (Wildman–Crippen LogP) is 4.93. The molecule has 3 aromatic rings. The molecule has 3 rings (SSSR count). The molecule has 0 aromatic heterocycles. The van der Waals surface area contributed by atoms with Crippen molar-refractivity contribution in [1.29, 1.82) is 0 Å². The number of para-hydroxylation sites is 2. The van der Waals surface area contributed by atoms with Crippen molar-refractivity contribution >= 4 is 34.4 Å². The summed E-state index contributed by atoms with van der Waals surface area (Å²) in [5.74, 6) is 0.846. The maximum Gasteiger partial charge on any atom is 0.171 e. The number of thiocarbonyl (C=S) groups is 1. The van der Waals surface area contributed by atoms with Crippen LogP contribution in [-0.4, -0.2) is 12.2 Å². The summed E-state index contributed by atoms with van der Waals surface area (Å²) in [5, 5.41) is 10.3. The van der Waals surface area contributed by atoms with Crippen LogP contribution in [0.2, 0.25) is 0 Å². The molecular weight excluding hydrogens is 342 g/mol. The van der Waals surface area contributed by atoms with Gasteiger partial charge < -0.3 is 20.7 Å². The van der Waals surface area contributed by atoms with Crippen LogP contribution in [0.4, 0.5) is 17.1 Å². The summed E-state index contributed by atoms with van der Waals surface area (Å²) < 4.78 is 5.35. The van der Waals surface area contributed by atoms with Crippen LogP contribution in [0.15, 0.2) is 78.9 Å².